The van der Waals surface area contributed by atoms with Crippen molar-refractivity contribution in [1.82, 2.24) is 10.6 Å². The number of nitrogens with one attached hydrogen (secondary N) is 2. The van der Waals surface area contributed by atoms with Gasteiger partial charge in [0.15, 0.2) is 0 Å². The standard InChI is InChI=1S/C20H16ClFN2O2S/c21-14-7-5-13(6-8-14)17-9-10-18(27-17)20(26)24-12-11-23-19(25)15-3-1-2-4-16(15)22/h1-10H,11-12H2,(H,23,25)(H,24,26). The predicted molar refractivity (Wildman–Crippen MR) is 106 cm³/mol. The molecule has 1 heterocycles. The van der Waals surface area contributed by atoms with E-state index in [9.17, 15) is 14.0 Å². The maximum Gasteiger partial charge on any atom is 0.261 e. The molecule has 0 radical (unpaired) electrons. The molecule has 2 aromatic carbocycles. The monoisotopic (exact) mass is 402 g/mol. The Morgan fingerprint density at radius 1 is 0.889 bits per heavy atom. The van der Waals surface area contributed by atoms with Gasteiger partial charge in [0.05, 0.1) is 10.4 Å². The molecule has 3 rings (SSSR count). The molecule has 3 aromatic rings. The molecular formula is C20H16ClFN2O2S. The van der Waals surface area contributed by atoms with Crippen molar-refractivity contribution in [2.75, 3.05) is 13.1 Å². The Labute approximate surface area is 165 Å². The fraction of sp³-hybridized carbons (Fsp3) is 0.100. The van der Waals surface area contributed by atoms with Gasteiger partial charge in [-0.1, -0.05) is 35.9 Å². The normalized spacial score (nSPS) is 10.4. The highest BCUT2D eigenvalue weighted by molar-refractivity contribution is 7.17. The number of hydrogen-bond acceptors (Lipinski definition) is 3. The van der Waals surface area contributed by atoms with Crippen molar-refractivity contribution in [1.29, 1.82) is 0 Å². The first-order chi connectivity index (χ1) is 13.0. The predicted octanol–water partition coefficient (Wildman–Crippen LogP) is 4.37. The van der Waals surface area contributed by atoms with Crippen LogP contribution in [0.2, 0.25) is 5.02 Å². The highest BCUT2D eigenvalue weighted by Gasteiger charge is 2.12. The Kier molecular flexibility index (Phi) is 6.21. The van der Waals surface area contributed by atoms with Gasteiger partial charge in [-0.2, -0.15) is 0 Å². The lowest BCUT2D eigenvalue weighted by Crippen LogP contribution is -2.34. The smallest absolute Gasteiger partial charge is 0.261 e. The molecule has 0 aliphatic rings. The maximum absolute atomic E-state index is 13.5. The Morgan fingerprint density at radius 3 is 2.26 bits per heavy atom. The van der Waals surface area contributed by atoms with Crippen molar-refractivity contribution in [2.45, 2.75) is 0 Å². The summed E-state index contributed by atoms with van der Waals surface area (Å²) in [4.78, 5) is 25.6. The molecule has 0 saturated heterocycles. The van der Waals surface area contributed by atoms with Gasteiger partial charge in [0.2, 0.25) is 0 Å². The second kappa shape index (κ2) is 8.79. The number of hydrogen-bond donors (Lipinski definition) is 2. The van der Waals surface area contributed by atoms with E-state index in [1.807, 2.05) is 18.2 Å². The van der Waals surface area contributed by atoms with Crippen molar-refractivity contribution in [3.63, 3.8) is 0 Å². The van der Waals surface area contributed by atoms with E-state index in [-0.39, 0.29) is 24.6 Å². The summed E-state index contributed by atoms with van der Waals surface area (Å²) in [6.07, 6.45) is 0. The third-order valence-corrected chi connectivity index (χ3v) is 5.16. The molecule has 0 spiro atoms. The zero-order chi connectivity index (χ0) is 19.2. The van der Waals surface area contributed by atoms with Crippen LogP contribution in [0.25, 0.3) is 10.4 Å². The molecule has 138 valence electrons. The van der Waals surface area contributed by atoms with Crippen LogP contribution in [0.4, 0.5) is 4.39 Å². The lowest BCUT2D eigenvalue weighted by atomic mass is 10.2. The van der Waals surface area contributed by atoms with Crippen molar-refractivity contribution < 1.29 is 14.0 Å². The van der Waals surface area contributed by atoms with Gasteiger partial charge < -0.3 is 10.6 Å². The minimum atomic E-state index is -0.577. The zero-order valence-electron chi connectivity index (χ0n) is 14.2. The van der Waals surface area contributed by atoms with E-state index in [1.165, 1.54) is 29.5 Å². The molecule has 1 aromatic heterocycles. The highest BCUT2D eigenvalue weighted by Crippen LogP contribution is 2.28. The van der Waals surface area contributed by atoms with E-state index in [2.05, 4.69) is 10.6 Å². The lowest BCUT2D eigenvalue weighted by molar-refractivity contribution is 0.0927. The van der Waals surface area contributed by atoms with Crippen LogP contribution in [0.15, 0.2) is 60.7 Å². The van der Waals surface area contributed by atoms with E-state index in [0.29, 0.717) is 9.90 Å². The second-order valence-corrected chi connectivity index (χ2v) is 7.18. The van der Waals surface area contributed by atoms with Crippen molar-refractivity contribution in [2.24, 2.45) is 0 Å². The van der Waals surface area contributed by atoms with Crippen molar-refractivity contribution in [3.05, 3.63) is 81.9 Å². The van der Waals surface area contributed by atoms with Crippen LogP contribution in [0.1, 0.15) is 20.0 Å². The molecule has 0 atom stereocenters. The minimum absolute atomic E-state index is 0.0188. The Balaban J connectivity index is 1.49. The van der Waals surface area contributed by atoms with Crippen LogP contribution >= 0.6 is 22.9 Å². The molecule has 4 nitrogen and oxygen atoms in total. The molecule has 7 heteroatoms. The molecule has 0 bridgehead atoms. The molecule has 27 heavy (non-hydrogen) atoms. The first-order valence-corrected chi connectivity index (χ1v) is 9.41. The number of benzene rings is 2. The van der Waals surface area contributed by atoms with E-state index < -0.39 is 11.7 Å². The lowest BCUT2D eigenvalue weighted by Gasteiger charge is -2.07. The van der Waals surface area contributed by atoms with Crippen LogP contribution in [0.3, 0.4) is 0 Å². The average molecular weight is 403 g/mol. The zero-order valence-corrected chi connectivity index (χ0v) is 15.7. The van der Waals surface area contributed by atoms with Crippen LogP contribution < -0.4 is 10.6 Å². The summed E-state index contributed by atoms with van der Waals surface area (Å²) in [6.45, 7) is 0.446. The third-order valence-electron chi connectivity index (χ3n) is 3.77. The van der Waals surface area contributed by atoms with Gasteiger partial charge in [-0.15, -0.1) is 11.3 Å². The highest BCUT2D eigenvalue weighted by atomic mass is 35.5. The van der Waals surface area contributed by atoms with Crippen LogP contribution in [0, 0.1) is 5.82 Å². The average Bonchev–Trinajstić information content (AvgIpc) is 3.16. The number of halogens is 2. The summed E-state index contributed by atoms with van der Waals surface area (Å²) in [5.74, 6) is -1.31. The molecule has 0 aliphatic heterocycles. The summed E-state index contributed by atoms with van der Waals surface area (Å²) in [5.41, 5.74) is 0.968. The Hall–Kier alpha value is -2.70. The molecular weight excluding hydrogens is 387 g/mol. The second-order valence-electron chi connectivity index (χ2n) is 5.66. The van der Waals surface area contributed by atoms with Gasteiger partial charge in [-0.3, -0.25) is 9.59 Å². The van der Waals surface area contributed by atoms with Crippen LogP contribution in [-0.2, 0) is 0 Å². The molecule has 2 N–H and O–H groups in total. The number of amides is 2. The van der Waals surface area contributed by atoms with Gasteiger partial charge in [0.25, 0.3) is 11.8 Å². The van der Waals surface area contributed by atoms with E-state index in [0.717, 1.165) is 10.4 Å². The Morgan fingerprint density at radius 2 is 1.56 bits per heavy atom. The van der Waals surface area contributed by atoms with E-state index in [4.69, 9.17) is 11.6 Å². The summed E-state index contributed by atoms with van der Waals surface area (Å²) in [5, 5.41) is 5.97. The molecule has 0 aliphatic carbocycles. The first kappa shape index (κ1) is 19.1. The number of carbonyl (C=O) groups is 2. The SMILES string of the molecule is O=C(NCCNC(=O)c1ccccc1F)c1ccc(-c2ccc(Cl)cc2)s1. The van der Waals surface area contributed by atoms with Crippen LogP contribution in [0.5, 0.6) is 0 Å². The number of thiophene rings is 1. The van der Waals surface area contributed by atoms with Crippen LogP contribution in [-0.4, -0.2) is 24.9 Å². The van der Waals surface area contributed by atoms with Gasteiger partial charge in [-0.25, -0.2) is 4.39 Å². The molecule has 2 amide bonds. The maximum atomic E-state index is 13.5. The molecule has 0 unspecified atom stereocenters. The van der Waals surface area contributed by atoms with Gasteiger partial charge in [-0.05, 0) is 42.0 Å². The fourth-order valence-corrected chi connectivity index (χ4v) is 3.46. The van der Waals surface area contributed by atoms with E-state index >= 15 is 0 Å². The largest absolute Gasteiger partial charge is 0.350 e. The van der Waals surface area contributed by atoms with Crippen molar-refractivity contribution in [3.8, 4) is 10.4 Å². The number of rotatable bonds is 6. The van der Waals surface area contributed by atoms with Crippen molar-refractivity contribution >= 4 is 34.8 Å². The summed E-state index contributed by atoms with van der Waals surface area (Å²) < 4.78 is 13.5. The summed E-state index contributed by atoms with van der Waals surface area (Å²) >= 11 is 7.26. The first-order valence-electron chi connectivity index (χ1n) is 8.21. The summed E-state index contributed by atoms with van der Waals surface area (Å²) in [7, 11) is 0. The molecule has 0 fully saturated rings. The fourth-order valence-electron chi connectivity index (χ4n) is 2.41. The topological polar surface area (TPSA) is 58.2 Å². The Bertz CT molecular complexity index is 957. The summed E-state index contributed by atoms with van der Waals surface area (Å²) in [6, 6.07) is 16.8. The van der Waals surface area contributed by atoms with E-state index in [1.54, 1.807) is 24.3 Å². The minimum Gasteiger partial charge on any atom is -0.350 e. The van der Waals surface area contributed by atoms with Gasteiger partial charge in [0, 0.05) is 23.0 Å². The quantitative estimate of drug-likeness (QED) is 0.601. The molecule has 0 saturated carbocycles. The number of carbonyl (C=O) groups excluding carboxylic acids is 2. The van der Waals surface area contributed by atoms with Gasteiger partial charge >= 0.3 is 0 Å². The third kappa shape index (κ3) is 4.93. The van der Waals surface area contributed by atoms with Gasteiger partial charge in [0.1, 0.15) is 5.82 Å².